The number of guanidine groups is 1. The normalized spacial score (nSPS) is 11.3. The first-order chi connectivity index (χ1) is 11.3. The number of H-pyrrole nitrogens is 1. The highest BCUT2D eigenvalue weighted by Crippen LogP contribution is 2.17. The molecule has 0 spiro atoms. The fourth-order valence-electron chi connectivity index (χ4n) is 2.45. The number of aromatic amines is 1. The Balaban J connectivity index is 0.00000208. The highest BCUT2D eigenvalue weighted by atomic mass is 127. The molecule has 1 aromatic carbocycles. The fraction of sp³-hybridized carbons (Fsp3) is 0.312. The van der Waals surface area contributed by atoms with Crippen LogP contribution in [0.15, 0.2) is 40.0 Å². The molecule has 0 radical (unpaired) electrons. The third kappa shape index (κ3) is 4.47. The summed E-state index contributed by atoms with van der Waals surface area (Å²) in [7, 11) is 1.74. The number of aryl methyl sites for hydroxylation is 1. The smallest absolute Gasteiger partial charge is 0.246 e. The number of rotatable bonds is 5. The van der Waals surface area contributed by atoms with Crippen LogP contribution in [0, 0.1) is 6.92 Å². The maximum atomic E-state index is 5.06. The molecular weight excluding hydrogens is 419 g/mol. The van der Waals surface area contributed by atoms with Gasteiger partial charge in [0.25, 0.3) is 0 Å². The molecule has 0 aliphatic carbocycles. The third-order valence-electron chi connectivity index (χ3n) is 3.56. The lowest BCUT2D eigenvalue weighted by molar-refractivity contribution is 0.371. The van der Waals surface area contributed by atoms with E-state index in [-0.39, 0.29) is 24.0 Å². The number of halogens is 1. The molecule has 0 atom stereocenters. The number of nitrogens with zero attached hydrogens (tertiary/aromatic N) is 3. The number of benzene rings is 1. The van der Waals surface area contributed by atoms with E-state index in [1.165, 1.54) is 10.9 Å². The second kappa shape index (κ2) is 8.67. The summed E-state index contributed by atoms with van der Waals surface area (Å²) in [5.74, 6) is 1.88. The van der Waals surface area contributed by atoms with Gasteiger partial charge < -0.3 is 20.1 Å². The average Bonchev–Trinajstić information content (AvgIpc) is 3.17. The molecule has 0 aliphatic heterocycles. The number of hydrogen-bond donors (Lipinski definition) is 3. The van der Waals surface area contributed by atoms with Crippen molar-refractivity contribution in [3.8, 4) is 0 Å². The van der Waals surface area contributed by atoms with Crippen molar-refractivity contribution in [2.45, 2.75) is 19.9 Å². The van der Waals surface area contributed by atoms with Gasteiger partial charge in [-0.3, -0.25) is 4.99 Å². The summed E-state index contributed by atoms with van der Waals surface area (Å²) in [5.41, 5.74) is 2.45. The predicted octanol–water partition coefficient (Wildman–Crippen LogP) is 2.39. The van der Waals surface area contributed by atoms with Gasteiger partial charge in [0, 0.05) is 30.7 Å². The fourth-order valence-corrected chi connectivity index (χ4v) is 2.45. The van der Waals surface area contributed by atoms with Gasteiger partial charge in [-0.25, -0.2) is 0 Å². The molecule has 0 bridgehead atoms. The molecule has 8 heteroatoms. The highest BCUT2D eigenvalue weighted by Gasteiger charge is 2.05. The molecule has 0 amide bonds. The van der Waals surface area contributed by atoms with Crippen molar-refractivity contribution in [1.29, 1.82) is 0 Å². The lowest BCUT2D eigenvalue weighted by Gasteiger charge is -2.10. The number of aliphatic imine (C=N–C) groups is 1. The zero-order chi connectivity index (χ0) is 16.1. The molecule has 0 saturated carbocycles. The largest absolute Gasteiger partial charge is 0.361 e. The summed E-state index contributed by atoms with van der Waals surface area (Å²) in [5, 5.41) is 11.5. The van der Waals surface area contributed by atoms with Crippen molar-refractivity contribution in [3.63, 3.8) is 0 Å². The predicted molar refractivity (Wildman–Crippen MR) is 105 cm³/mol. The van der Waals surface area contributed by atoms with Crippen LogP contribution in [0.3, 0.4) is 0 Å². The minimum Gasteiger partial charge on any atom is -0.361 e. The van der Waals surface area contributed by atoms with E-state index in [1.54, 1.807) is 14.0 Å². The molecule has 3 aromatic rings. The Morgan fingerprint density at radius 1 is 1.29 bits per heavy atom. The quantitative estimate of drug-likeness (QED) is 0.322. The van der Waals surface area contributed by atoms with Crippen LogP contribution in [0.2, 0.25) is 0 Å². The molecule has 7 nitrogen and oxygen atoms in total. The SMILES string of the molecule is CN=C(NCCc1c[nH]c2ccccc12)NCc1nc(C)no1.I. The van der Waals surface area contributed by atoms with Crippen molar-refractivity contribution in [2.75, 3.05) is 13.6 Å². The van der Waals surface area contributed by atoms with Crippen molar-refractivity contribution in [3.05, 3.63) is 47.7 Å². The number of fused-ring (bicyclic) bond motifs is 1. The van der Waals surface area contributed by atoms with E-state index < -0.39 is 0 Å². The summed E-state index contributed by atoms with van der Waals surface area (Å²) < 4.78 is 5.06. The first-order valence-corrected chi connectivity index (χ1v) is 7.55. The van der Waals surface area contributed by atoms with Crippen LogP contribution < -0.4 is 10.6 Å². The van der Waals surface area contributed by atoms with E-state index in [1.807, 2.05) is 6.07 Å². The van der Waals surface area contributed by atoms with E-state index in [4.69, 9.17) is 4.52 Å². The lowest BCUT2D eigenvalue weighted by Crippen LogP contribution is -2.37. The standard InChI is InChI=1S/C16H20N6O.HI/c1-11-21-15(23-22-11)10-20-16(17-2)18-8-7-12-9-19-14-6-4-3-5-13(12)14;/h3-6,9,19H,7-8,10H2,1-2H3,(H2,17,18,20);1H. The van der Waals surface area contributed by atoms with Crippen molar-refractivity contribution in [2.24, 2.45) is 4.99 Å². The van der Waals surface area contributed by atoms with Gasteiger partial charge in [-0.15, -0.1) is 24.0 Å². The Morgan fingerprint density at radius 3 is 2.88 bits per heavy atom. The minimum atomic E-state index is 0. The Bertz CT molecular complexity index is 810. The summed E-state index contributed by atoms with van der Waals surface area (Å²) in [6, 6.07) is 8.30. The van der Waals surface area contributed by atoms with E-state index in [0.29, 0.717) is 24.2 Å². The van der Waals surface area contributed by atoms with Gasteiger partial charge in [0.1, 0.15) is 0 Å². The molecule has 3 N–H and O–H groups in total. The van der Waals surface area contributed by atoms with Gasteiger partial charge in [0.05, 0.1) is 6.54 Å². The average molecular weight is 440 g/mol. The monoisotopic (exact) mass is 440 g/mol. The molecule has 0 fully saturated rings. The van der Waals surface area contributed by atoms with Crippen molar-refractivity contribution in [1.82, 2.24) is 25.8 Å². The molecule has 0 unspecified atom stereocenters. The van der Waals surface area contributed by atoms with Crippen LogP contribution in [0.1, 0.15) is 17.3 Å². The first kappa shape index (κ1) is 18.2. The summed E-state index contributed by atoms with van der Waals surface area (Å²) in [4.78, 5) is 11.6. The summed E-state index contributed by atoms with van der Waals surface area (Å²) in [6.07, 6.45) is 2.97. The Labute approximate surface area is 157 Å². The van der Waals surface area contributed by atoms with Crippen LogP contribution in [0.5, 0.6) is 0 Å². The molecule has 2 aromatic heterocycles. The number of hydrogen-bond acceptors (Lipinski definition) is 4. The van der Waals surface area contributed by atoms with E-state index in [0.717, 1.165) is 18.5 Å². The number of para-hydroxylation sites is 1. The molecule has 0 aliphatic rings. The van der Waals surface area contributed by atoms with E-state index in [9.17, 15) is 0 Å². The molecule has 0 saturated heterocycles. The summed E-state index contributed by atoms with van der Waals surface area (Å²) >= 11 is 0. The van der Waals surface area contributed by atoms with Gasteiger partial charge in [-0.1, -0.05) is 23.4 Å². The van der Waals surface area contributed by atoms with Crippen LogP contribution in [0.25, 0.3) is 10.9 Å². The first-order valence-electron chi connectivity index (χ1n) is 7.55. The Morgan fingerprint density at radius 2 is 2.12 bits per heavy atom. The third-order valence-corrected chi connectivity index (χ3v) is 3.56. The Kier molecular flexibility index (Phi) is 6.59. The van der Waals surface area contributed by atoms with Crippen molar-refractivity contribution >= 4 is 40.8 Å². The van der Waals surface area contributed by atoms with Crippen molar-refractivity contribution < 1.29 is 4.52 Å². The van der Waals surface area contributed by atoms with Crippen LogP contribution in [-0.4, -0.2) is 34.7 Å². The van der Waals surface area contributed by atoms with Gasteiger partial charge >= 0.3 is 0 Å². The Hall–Kier alpha value is -2.10. The number of aromatic nitrogens is 3. The number of nitrogens with one attached hydrogen (secondary N) is 3. The van der Waals surface area contributed by atoms with Gasteiger partial charge in [0.15, 0.2) is 11.8 Å². The van der Waals surface area contributed by atoms with E-state index >= 15 is 0 Å². The topological polar surface area (TPSA) is 91.1 Å². The van der Waals surface area contributed by atoms with Crippen LogP contribution in [0.4, 0.5) is 0 Å². The maximum Gasteiger partial charge on any atom is 0.246 e. The molecular formula is C16H21IN6O. The molecule has 128 valence electrons. The van der Waals surface area contributed by atoms with Gasteiger partial charge in [-0.05, 0) is 25.0 Å². The minimum absolute atomic E-state index is 0. The van der Waals surface area contributed by atoms with Crippen LogP contribution >= 0.6 is 24.0 Å². The van der Waals surface area contributed by atoms with Crippen LogP contribution in [-0.2, 0) is 13.0 Å². The van der Waals surface area contributed by atoms with Gasteiger partial charge in [0.2, 0.25) is 5.89 Å². The zero-order valence-corrected chi connectivity index (χ0v) is 16.0. The molecule has 2 heterocycles. The molecule has 3 rings (SSSR count). The highest BCUT2D eigenvalue weighted by molar-refractivity contribution is 14.0. The van der Waals surface area contributed by atoms with E-state index in [2.05, 4.69) is 55.1 Å². The van der Waals surface area contributed by atoms with Gasteiger partial charge in [-0.2, -0.15) is 4.98 Å². The maximum absolute atomic E-state index is 5.06. The molecule has 24 heavy (non-hydrogen) atoms. The summed E-state index contributed by atoms with van der Waals surface area (Å²) in [6.45, 7) is 3.03. The zero-order valence-electron chi connectivity index (χ0n) is 13.7. The second-order valence-electron chi connectivity index (χ2n) is 5.20. The lowest BCUT2D eigenvalue weighted by atomic mass is 10.1. The second-order valence-corrected chi connectivity index (χ2v) is 5.20.